The molecule has 0 bridgehead atoms. The number of amides is 1. The van der Waals surface area contributed by atoms with Crippen molar-refractivity contribution in [1.29, 1.82) is 0 Å². The smallest absolute Gasteiger partial charge is 0.251 e. The van der Waals surface area contributed by atoms with E-state index in [0.29, 0.717) is 56.1 Å². The van der Waals surface area contributed by atoms with Crippen molar-refractivity contribution in [1.82, 2.24) is 24.4 Å². The van der Waals surface area contributed by atoms with E-state index < -0.39 is 10.0 Å². The second kappa shape index (κ2) is 8.95. The van der Waals surface area contributed by atoms with Crippen LogP contribution in [-0.2, 0) is 27.7 Å². The molecule has 0 aliphatic carbocycles. The maximum Gasteiger partial charge on any atom is 0.251 e. The summed E-state index contributed by atoms with van der Waals surface area (Å²) in [6.07, 6.45) is 0.538. The summed E-state index contributed by atoms with van der Waals surface area (Å²) < 4.78 is 34.2. The molecule has 0 radical (unpaired) electrons. The van der Waals surface area contributed by atoms with Gasteiger partial charge in [-0.25, -0.2) is 8.42 Å². The summed E-state index contributed by atoms with van der Waals surface area (Å²) in [7, 11) is -3.57. The van der Waals surface area contributed by atoms with Gasteiger partial charge in [-0.1, -0.05) is 0 Å². The molecule has 9 nitrogen and oxygen atoms in total. The van der Waals surface area contributed by atoms with Gasteiger partial charge in [0, 0.05) is 38.2 Å². The molecule has 1 aliphatic heterocycles. The summed E-state index contributed by atoms with van der Waals surface area (Å²) in [4.78, 5) is 12.5. The van der Waals surface area contributed by atoms with E-state index in [2.05, 4.69) is 15.5 Å². The first-order valence-electron chi connectivity index (χ1n) is 9.03. The van der Waals surface area contributed by atoms with Gasteiger partial charge in [-0.3, -0.25) is 9.89 Å². The SMILES string of the molecule is CCn1c(CCNC(=O)c2ccc(S(=O)(=O)N3CCOCC3)cc2)n[nH]c1=S. The summed E-state index contributed by atoms with van der Waals surface area (Å²) >= 11 is 5.14. The van der Waals surface area contributed by atoms with Gasteiger partial charge in [-0.2, -0.15) is 9.40 Å². The second-order valence-corrected chi connectivity index (χ2v) is 8.56. The fraction of sp³-hybridized carbons (Fsp3) is 0.471. The molecule has 2 N–H and O–H groups in total. The Morgan fingerprint density at radius 2 is 1.96 bits per heavy atom. The van der Waals surface area contributed by atoms with Gasteiger partial charge in [0.15, 0.2) is 4.77 Å². The highest BCUT2D eigenvalue weighted by molar-refractivity contribution is 7.89. The van der Waals surface area contributed by atoms with E-state index in [1.165, 1.54) is 28.6 Å². The quantitative estimate of drug-likeness (QED) is 0.640. The van der Waals surface area contributed by atoms with Gasteiger partial charge < -0.3 is 14.6 Å². The number of aromatic nitrogens is 3. The molecular weight excluding hydrogens is 402 g/mol. The van der Waals surface area contributed by atoms with Gasteiger partial charge >= 0.3 is 0 Å². The number of morpholine rings is 1. The number of aromatic amines is 1. The van der Waals surface area contributed by atoms with Crippen LogP contribution < -0.4 is 5.32 Å². The lowest BCUT2D eigenvalue weighted by atomic mass is 10.2. The first-order chi connectivity index (χ1) is 13.4. The minimum absolute atomic E-state index is 0.171. The lowest BCUT2D eigenvalue weighted by Gasteiger charge is -2.26. The van der Waals surface area contributed by atoms with Crippen LogP contribution in [0.4, 0.5) is 0 Å². The Bertz CT molecular complexity index is 976. The number of carbonyl (C=O) groups excluding carboxylic acids is 1. The van der Waals surface area contributed by atoms with Crippen LogP contribution >= 0.6 is 12.2 Å². The Kier molecular flexibility index (Phi) is 6.60. The largest absolute Gasteiger partial charge is 0.379 e. The van der Waals surface area contributed by atoms with Crippen molar-refractivity contribution in [2.75, 3.05) is 32.8 Å². The van der Waals surface area contributed by atoms with Crippen molar-refractivity contribution in [3.8, 4) is 0 Å². The minimum Gasteiger partial charge on any atom is -0.379 e. The van der Waals surface area contributed by atoms with E-state index in [0.717, 1.165) is 5.82 Å². The van der Waals surface area contributed by atoms with Crippen LogP contribution in [0.3, 0.4) is 0 Å². The highest BCUT2D eigenvalue weighted by Gasteiger charge is 2.26. The van der Waals surface area contributed by atoms with E-state index >= 15 is 0 Å². The predicted molar refractivity (Wildman–Crippen MR) is 105 cm³/mol. The van der Waals surface area contributed by atoms with Gasteiger partial charge in [-0.05, 0) is 43.4 Å². The zero-order valence-electron chi connectivity index (χ0n) is 15.6. The maximum atomic E-state index is 12.6. The van der Waals surface area contributed by atoms with Crippen LogP contribution in [0.1, 0.15) is 23.1 Å². The molecular formula is C17H23N5O4S2. The van der Waals surface area contributed by atoms with Crippen molar-refractivity contribution in [3.63, 3.8) is 0 Å². The highest BCUT2D eigenvalue weighted by Crippen LogP contribution is 2.17. The van der Waals surface area contributed by atoms with Crippen molar-refractivity contribution < 1.29 is 17.9 Å². The Morgan fingerprint density at radius 3 is 2.61 bits per heavy atom. The van der Waals surface area contributed by atoms with Gasteiger partial charge in [0.05, 0.1) is 18.1 Å². The van der Waals surface area contributed by atoms with Crippen LogP contribution in [0, 0.1) is 4.77 Å². The Morgan fingerprint density at radius 1 is 1.29 bits per heavy atom. The molecule has 1 saturated heterocycles. The zero-order valence-corrected chi connectivity index (χ0v) is 17.2. The zero-order chi connectivity index (χ0) is 20.1. The molecule has 28 heavy (non-hydrogen) atoms. The average Bonchev–Trinajstić information content (AvgIpc) is 3.08. The number of ether oxygens (including phenoxy) is 1. The monoisotopic (exact) mass is 425 g/mol. The Hall–Kier alpha value is -2.08. The lowest BCUT2D eigenvalue weighted by Crippen LogP contribution is -2.40. The van der Waals surface area contributed by atoms with Crippen LogP contribution in [-0.4, -0.2) is 66.2 Å². The van der Waals surface area contributed by atoms with Crippen molar-refractivity contribution in [2.24, 2.45) is 0 Å². The summed E-state index contributed by atoms with van der Waals surface area (Å²) in [6.45, 7) is 4.52. The third-order valence-electron chi connectivity index (χ3n) is 4.51. The molecule has 2 heterocycles. The highest BCUT2D eigenvalue weighted by atomic mass is 32.2. The van der Waals surface area contributed by atoms with Crippen LogP contribution in [0.15, 0.2) is 29.2 Å². The normalized spacial score (nSPS) is 15.5. The first kappa shape index (κ1) is 20.6. The molecule has 1 aromatic heterocycles. The van der Waals surface area contributed by atoms with E-state index in [1.807, 2.05) is 11.5 Å². The fourth-order valence-electron chi connectivity index (χ4n) is 2.97. The molecule has 1 amide bonds. The molecule has 1 aliphatic rings. The van der Waals surface area contributed by atoms with Gasteiger partial charge in [0.2, 0.25) is 10.0 Å². The molecule has 1 aromatic carbocycles. The number of nitrogens with one attached hydrogen (secondary N) is 2. The molecule has 0 spiro atoms. The van der Waals surface area contributed by atoms with Crippen LogP contribution in [0.2, 0.25) is 0 Å². The second-order valence-electron chi connectivity index (χ2n) is 6.24. The number of hydrogen-bond acceptors (Lipinski definition) is 6. The van der Waals surface area contributed by atoms with E-state index in [4.69, 9.17) is 17.0 Å². The molecule has 3 rings (SSSR count). The lowest BCUT2D eigenvalue weighted by molar-refractivity contribution is 0.0730. The first-order valence-corrected chi connectivity index (χ1v) is 10.9. The minimum atomic E-state index is -3.57. The van der Waals surface area contributed by atoms with Crippen molar-refractivity contribution in [2.45, 2.75) is 24.8 Å². The van der Waals surface area contributed by atoms with E-state index in [1.54, 1.807) is 0 Å². The van der Waals surface area contributed by atoms with Gasteiger partial charge in [0.25, 0.3) is 5.91 Å². The topological polar surface area (TPSA) is 109 Å². The predicted octanol–water partition coefficient (Wildman–Crippen LogP) is 0.954. The van der Waals surface area contributed by atoms with E-state index in [9.17, 15) is 13.2 Å². The number of benzene rings is 1. The third-order valence-corrected chi connectivity index (χ3v) is 6.74. The summed E-state index contributed by atoms with van der Waals surface area (Å²) in [5, 5.41) is 9.71. The number of sulfonamides is 1. The molecule has 0 atom stereocenters. The number of carbonyl (C=O) groups is 1. The van der Waals surface area contributed by atoms with Crippen LogP contribution in [0.25, 0.3) is 0 Å². The molecule has 11 heteroatoms. The summed E-state index contributed by atoms with van der Waals surface area (Å²) in [5.41, 5.74) is 0.398. The third kappa shape index (κ3) is 4.49. The van der Waals surface area contributed by atoms with Gasteiger partial charge in [0.1, 0.15) is 5.82 Å². The number of H-pyrrole nitrogens is 1. The maximum absolute atomic E-state index is 12.6. The van der Waals surface area contributed by atoms with Crippen LogP contribution in [0.5, 0.6) is 0 Å². The van der Waals surface area contributed by atoms with Crippen molar-refractivity contribution >= 4 is 28.1 Å². The molecule has 1 fully saturated rings. The Labute approximate surface area is 168 Å². The fourth-order valence-corrected chi connectivity index (χ4v) is 4.66. The van der Waals surface area contributed by atoms with Crippen molar-refractivity contribution in [3.05, 3.63) is 40.4 Å². The summed E-state index contributed by atoms with van der Waals surface area (Å²) in [6, 6.07) is 5.96. The number of nitrogens with zero attached hydrogens (tertiary/aromatic N) is 3. The number of rotatable bonds is 7. The molecule has 0 unspecified atom stereocenters. The molecule has 152 valence electrons. The van der Waals surface area contributed by atoms with E-state index in [-0.39, 0.29) is 10.8 Å². The molecule has 2 aromatic rings. The number of hydrogen-bond donors (Lipinski definition) is 2. The standard InChI is InChI=1S/C17H23N5O4S2/c1-2-22-15(19-20-17(22)27)7-8-18-16(23)13-3-5-14(6-4-13)28(24,25)21-9-11-26-12-10-21/h3-6H,2,7-12H2,1H3,(H,18,23)(H,20,27). The Balaban J connectivity index is 1.59. The summed E-state index contributed by atoms with van der Waals surface area (Å²) in [5.74, 6) is 0.507. The molecule has 0 saturated carbocycles. The average molecular weight is 426 g/mol. The van der Waals surface area contributed by atoms with Gasteiger partial charge in [-0.15, -0.1) is 0 Å².